The Kier molecular flexibility index (Phi) is 3.95. The molecule has 5 nitrogen and oxygen atoms in total. The van der Waals surface area contributed by atoms with Gasteiger partial charge in [-0.1, -0.05) is 0 Å². The molecule has 0 saturated carbocycles. The summed E-state index contributed by atoms with van der Waals surface area (Å²) < 4.78 is 4.96. The molecule has 0 atom stereocenters. The molecule has 1 aliphatic rings. The molecule has 3 N–H and O–H groups in total. The number of nitrogens with one attached hydrogen (secondary N) is 2. The number of ether oxygens (including phenoxy) is 1. The quantitative estimate of drug-likeness (QED) is 0.769. The number of rotatable bonds is 3. The van der Waals surface area contributed by atoms with Gasteiger partial charge in [0.15, 0.2) is 11.5 Å². The van der Waals surface area contributed by atoms with E-state index in [1.165, 1.54) is 13.2 Å². The summed E-state index contributed by atoms with van der Waals surface area (Å²) in [6.45, 7) is 3.87. The van der Waals surface area contributed by atoms with Gasteiger partial charge in [0.05, 0.1) is 7.11 Å². The van der Waals surface area contributed by atoms with Gasteiger partial charge < -0.3 is 20.5 Å². The van der Waals surface area contributed by atoms with E-state index >= 15 is 0 Å². The Balaban J connectivity index is 2.09. The van der Waals surface area contributed by atoms with Gasteiger partial charge in [0.25, 0.3) is 5.91 Å². The smallest absolute Gasteiger partial charge is 0.251 e. The van der Waals surface area contributed by atoms with Gasteiger partial charge in [-0.3, -0.25) is 4.79 Å². The summed E-state index contributed by atoms with van der Waals surface area (Å²) in [7, 11) is 1.48. The first kappa shape index (κ1) is 13.7. The lowest BCUT2D eigenvalue weighted by Gasteiger charge is -2.35. The maximum atomic E-state index is 12.2. The molecule has 1 aliphatic heterocycles. The largest absolute Gasteiger partial charge is 0.504 e. The first-order valence-corrected chi connectivity index (χ1v) is 6.44. The zero-order valence-corrected chi connectivity index (χ0v) is 11.3. The molecule has 0 bridgehead atoms. The van der Waals surface area contributed by atoms with Crippen LogP contribution >= 0.6 is 0 Å². The topological polar surface area (TPSA) is 70.6 Å². The van der Waals surface area contributed by atoms with E-state index in [0.717, 1.165) is 25.9 Å². The summed E-state index contributed by atoms with van der Waals surface area (Å²) >= 11 is 0. The summed E-state index contributed by atoms with van der Waals surface area (Å²) in [4.78, 5) is 12.2. The highest BCUT2D eigenvalue weighted by Gasteiger charge is 2.28. The normalized spacial score (nSPS) is 17.8. The van der Waals surface area contributed by atoms with Crippen LogP contribution in [0.25, 0.3) is 0 Å². The Bertz CT molecular complexity index is 468. The molecule has 0 radical (unpaired) electrons. The molecule has 1 fully saturated rings. The van der Waals surface area contributed by atoms with Crippen LogP contribution in [-0.2, 0) is 0 Å². The highest BCUT2D eigenvalue weighted by molar-refractivity contribution is 5.95. The fraction of sp³-hybridized carbons (Fsp3) is 0.500. The van der Waals surface area contributed by atoms with Crippen molar-refractivity contribution in [3.8, 4) is 11.5 Å². The number of phenols is 1. The van der Waals surface area contributed by atoms with E-state index in [-0.39, 0.29) is 17.2 Å². The standard InChI is InChI=1S/C14H20N2O3/c1-14(5-7-15-8-6-14)16-13(18)10-3-4-12(19-2)11(17)9-10/h3-4,9,15,17H,5-8H2,1-2H3,(H,16,18). The Hall–Kier alpha value is -1.75. The van der Waals surface area contributed by atoms with Crippen LogP contribution in [0, 0.1) is 0 Å². The Morgan fingerprint density at radius 3 is 2.68 bits per heavy atom. The molecule has 1 aromatic carbocycles. The van der Waals surface area contributed by atoms with Gasteiger partial charge in [-0.25, -0.2) is 0 Å². The summed E-state index contributed by atoms with van der Waals surface area (Å²) in [5, 5.41) is 16.0. The number of amides is 1. The third-order valence-corrected chi connectivity index (χ3v) is 3.56. The highest BCUT2D eigenvalue weighted by Crippen LogP contribution is 2.26. The molecule has 0 spiro atoms. The Labute approximate surface area is 113 Å². The molecule has 0 aromatic heterocycles. The highest BCUT2D eigenvalue weighted by atomic mass is 16.5. The van der Waals surface area contributed by atoms with Gasteiger partial charge in [0.1, 0.15) is 0 Å². The minimum atomic E-state index is -0.183. The lowest BCUT2D eigenvalue weighted by molar-refractivity contribution is 0.0887. The molecule has 1 heterocycles. The second-order valence-corrected chi connectivity index (χ2v) is 5.15. The van der Waals surface area contributed by atoms with E-state index in [0.29, 0.717) is 11.3 Å². The van der Waals surface area contributed by atoms with E-state index in [9.17, 15) is 9.90 Å². The number of hydrogen-bond donors (Lipinski definition) is 3. The summed E-state index contributed by atoms with van der Waals surface area (Å²) in [5.41, 5.74) is 0.260. The first-order valence-electron chi connectivity index (χ1n) is 6.44. The van der Waals surface area contributed by atoms with E-state index in [1.54, 1.807) is 12.1 Å². The fourth-order valence-electron chi connectivity index (χ4n) is 2.28. The van der Waals surface area contributed by atoms with E-state index in [1.807, 2.05) is 0 Å². The number of methoxy groups -OCH3 is 1. The number of benzene rings is 1. The van der Waals surface area contributed by atoms with Crippen molar-refractivity contribution in [3.63, 3.8) is 0 Å². The maximum Gasteiger partial charge on any atom is 0.251 e. The van der Waals surface area contributed by atoms with E-state index in [2.05, 4.69) is 17.6 Å². The van der Waals surface area contributed by atoms with Crippen molar-refractivity contribution in [2.75, 3.05) is 20.2 Å². The SMILES string of the molecule is COc1ccc(C(=O)NC2(C)CCNCC2)cc1O. The van der Waals surface area contributed by atoms with Gasteiger partial charge in [-0.15, -0.1) is 0 Å². The lowest BCUT2D eigenvalue weighted by Crippen LogP contribution is -2.52. The van der Waals surface area contributed by atoms with E-state index in [4.69, 9.17) is 4.74 Å². The lowest BCUT2D eigenvalue weighted by atomic mass is 9.90. The van der Waals surface area contributed by atoms with Crippen molar-refractivity contribution >= 4 is 5.91 Å². The van der Waals surface area contributed by atoms with Crippen LogP contribution in [-0.4, -0.2) is 36.8 Å². The van der Waals surface area contributed by atoms with Crippen LogP contribution in [0.5, 0.6) is 11.5 Å². The molecule has 104 valence electrons. The van der Waals surface area contributed by atoms with Crippen molar-refractivity contribution in [1.29, 1.82) is 0 Å². The van der Waals surface area contributed by atoms with Crippen LogP contribution in [0.3, 0.4) is 0 Å². The molecule has 0 aliphatic carbocycles. The van der Waals surface area contributed by atoms with Crippen molar-refractivity contribution in [2.24, 2.45) is 0 Å². The first-order chi connectivity index (χ1) is 9.04. The summed E-state index contributed by atoms with van der Waals surface area (Å²) in [5.74, 6) is 0.178. The minimum absolute atomic E-state index is 0.0226. The van der Waals surface area contributed by atoms with Crippen LogP contribution in [0.1, 0.15) is 30.1 Å². The zero-order valence-electron chi connectivity index (χ0n) is 11.3. The molecule has 19 heavy (non-hydrogen) atoms. The Morgan fingerprint density at radius 1 is 1.42 bits per heavy atom. The average molecular weight is 264 g/mol. The molecule has 5 heteroatoms. The van der Waals surface area contributed by atoms with Crippen molar-refractivity contribution in [3.05, 3.63) is 23.8 Å². The molecular weight excluding hydrogens is 244 g/mol. The molecule has 1 aromatic rings. The summed E-state index contributed by atoms with van der Waals surface area (Å²) in [6, 6.07) is 4.67. The number of carbonyl (C=O) groups is 1. The number of aromatic hydroxyl groups is 1. The molecule has 0 unspecified atom stereocenters. The van der Waals surface area contributed by atoms with Crippen LogP contribution < -0.4 is 15.4 Å². The Morgan fingerprint density at radius 2 is 2.11 bits per heavy atom. The van der Waals surface area contributed by atoms with Crippen LogP contribution in [0.2, 0.25) is 0 Å². The van der Waals surface area contributed by atoms with E-state index < -0.39 is 0 Å². The number of phenolic OH excluding ortho intramolecular Hbond substituents is 1. The van der Waals surface area contributed by atoms with Gasteiger partial charge in [0.2, 0.25) is 0 Å². The second kappa shape index (κ2) is 5.48. The number of hydrogen-bond acceptors (Lipinski definition) is 4. The molecule has 1 saturated heterocycles. The van der Waals surface area contributed by atoms with Gasteiger partial charge in [0, 0.05) is 11.1 Å². The molecule has 1 amide bonds. The average Bonchev–Trinajstić information content (AvgIpc) is 2.39. The molecular formula is C14H20N2O3. The third-order valence-electron chi connectivity index (χ3n) is 3.56. The number of carbonyl (C=O) groups excluding carboxylic acids is 1. The van der Waals surface area contributed by atoms with Crippen molar-refractivity contribution in [1.82, 2.24) is 10.6 Å². The monoisotopic (exact) mass is 264 g/mol. The molecule has 2 rings (SSSR count). The van der Waals surface area contributed by atoms with Crippen LogP contribution in [0.4, 0.5) is 0 Å². The van der Waals surface area contributed by atoms with Crippen LogP contribution in [0.15, 0.2) is 18.2 Å². The van der Waals surface area contributed by atoms with Crippen molar-refractivity contribution < 1.29 is 14.6 Å². The maximum absolute atomic E-state index is 12.2. The van der Waals surface area contributed by atoms with Crippen molar-refractivity contribution in [2.45, 2.75) is 25.3 Å². The minimum Gasteiger partial charge on any atom is -0.504 e. The summed E-state index contributed by atoms with van der Waals surface area (Å²) in [6.07, 6.45) is 1.81. The second-order valence-electron chi connectivity index (χ2n) is 5.15. The van der Waals surface area contributed by atoms with Gasteiger partial charge in [-0.2, -0.15) is 0 Å². The number of piperidine rings is 1. The zero-order chi connectivity index (χ0) is 13.9. The third kappa shape index (κ3) is 3.17. The van der Waals surface area contributed by atoms with Gasteiger partial charge >= 0.3 is 0 Å². The fourth-order valence-corrected chi connectivity index (χ4v) is 2.28. The predicted molar refractivity (Wildman–Crippen MR) is 72.6 cm³/mol. The van der Waals surface area contributed by atoms with Gasteiger partial charge in [-0.05, 0) is 51.1 Å². The predicted octanol–water partition coefficient (Wildman–Crippen LogP) is 1.27.